The van der Waals surface area contributed by atoms with Crippen molar-refractivity contribution >= 4 is 45.3 Å². The van der Waals surface area contributed by atoms with E-state index in [1.54, 1.807) is 12.1 Å². The van der Waals surface area contributed by atoms with Crippen molar-refractivity contribution in [2.24, 2.45) is 5.14 Å². The van der Waals surface area contributed by atoms with Crippen LogP contribution in [0.3, 0.4) is 0 Å². The summed E-state index contributed by atoms with van der Waals surface area (Å²) >= 11 is 4.52. The third-order valence-electron chi connectivity index (χ3n) is 4.71. The summed E-state index contributed by atoms with van der Waals surface area (Å²) in [5.74, 6) is 1.13. The second-order valence-corrected chi connectivity index (χ2v) is 12.2. The van der Waals surface area contributed by atoms with E-state index in [4.69, 9.17) is 14.9 Å². The Morgan fingerprint density at radius 2 is 1.53 bits per heavy atom. The molecule has 0 radical (unpaired) electrons. The van der Waals surface area contributed by atoms with Gasteiger partial charge in [-0.15, -0.1) is 0 Å². The monoisotopic (exact) mass is 600 g/mol. The second-order valence-electron chi connectivity index (χ2n) is 7.16. The van der Waals surface area contributed by atoms with Crippen LogP contribution in [-0.4, -0.2) is 18.2 Å². The molecular formula is C21H19BrF2NNaO5PS2+. The van der Waals surface area contributed by atoms with Crippen molar-refractivity contribution in [2.75, 3.05) is 0 Å². The van der Waals surface area contributed by atoms with Gasteiger partial charge in [0.25, 0.3) is 0 Å². The molecule has 0 fully saturated rings. The topological polar surface area (TPSA) is 118 Å². The summed E-state index contributed by atoms with van der Waals surface area (Å²) in [6.07, 6.45) is 0. The zero-order valence-corrected chi connectivity index (χ0v) is 24.0. The van der Waals surface area contributed by atoms with Crippen molar-refractivity contribution in [3.63, 3.8) is 0 Å². The van der Waals surface area contributed by atoms with Gasteiger partial charge in [-0.2, -0.15) is 20.5 Å². The summed E-state index contributed by atoms with van der Waals surface area (Å²) in [5, 5.41) is 5.18. The van der Waals surface area contributed by atoms with Gasteiger partial charge in [-0.1, -0.05) is 64.5 Å². The van der Waals surface area contributed by atoms with Gasteiger partial charge in [-0.3, -0.25) is 4.57 Å². The molecule has 0 unspecified atom stereocenters. The molecule has 0 spiro atoms. The molecule has 4 N–H and O–H groups in total. The van der Waals surface area contributed by atoms with Crippen LogP contribution in [-0.2, 0) is 31.8 Å². The van der Waals surface area contributed by atoms with Crippen LogP contribution in [0.15, 0.2) is 76.1 Å². The molecular weight excluding hydrogens is 582 g/mol. The van der Waals surface area contributed by atoms with Crippen molar-refractivity contribution < 1.29 is 61.1 Å². The van der Waals surface area contributed by atoms with Gasteiger partial charge in [0.2, 0.25) is 10.0 Å². The largest absolute Gasteiger partial charge is 1.00 e. The van der Waals surface area contributed by atoms with Gasteiger partial charge < -0.3 is 9.79 Å². The molecule has 0 heterocycles. The Balaban J connectivity index is 0.00000408. The molecule has 0 bridgehead atoms. The van der Waals surface area contributed by atoms with Crippen LogP contribution < -0.4 is 34.7 Å². The van der Waals surface area contributed by atoms with Crippen molar-refractivity contribution in [1.82, 2.24) is 0 Å². The first-order valence-corrected chi connectivity index (χ1v) is 14.4. The quantitative estimate of drug-likeness (QED) is 0.270. The minimum atomic E-state index is -5.64. The number of alkyl halides is 2. The number of hydrogen-bond acceptors (Lipinski definition) is 4. The molecule has 13 heteroatoms. The van der Waals surface area contributed by atoms with Gasteiger partial charge in [-0.25, -0.2) is 13.6 Å². The SMILES string of the molecule is NS(=O)(=O)c1cccc(-c2ccc(CSCc3ccc(C(F)(F)P(=O)(O)O)c(Br)c3)cc2)c1.[Na+]. The van der Waals surface area contributed by atoms with E-state index in [-0.39, 0.29) is 38.9 Å². The van der Waals surface area contributed by atoms with E-state index in [1.807, 2.05) is 24.3 Å². The number of halogens is 3. The summed E-state index contributed by atoms with van der Waals surface area (Å²) in [6, 6.07) is 17.8. The fourth-order valence-electron chi connectivity index (χ4n) is 2.98. The Kier molecular flexibility index (Phi) is 10.1. The fraction of sp³-hybridized carbons (Fsp3) is 0.143. The van der Waals surface area contributed by atoms with Crippen LogP contribution in [0.2, 0.25) is 0 Å². The maximum absolute atomic E-state index is 13.9. The molecule has 0 aliphatic heterocycles. The molecule has 176 valence electrons. The minimum Gasteiger partial charge on any atom is -0.320 e. The van der Waals surface area contributed by atoms with Crippen LogP contribution >= 0.6 is 35.3 Å². The third kappa shape index (κ3) is 7.22. The normalized spacial score (nSPS) is 12.3. The predicted octanol–water partition coefficient (Wildman–Crippen LogP) is 2.43. The average molecular weight is 601 g/mol. The van der Waals surface area contributed by atoms with Crippen LogP contribution in [0, 0.1) is 0 Å². The molecule has 0 atom stereocenters. The van der Waals surface area contributed by atoms with E-state index < -0.39 is 28.8 Å². The number of primary sulfonamides is 1. The van der Waals surface area contributed by atoms with E-state index in [1.165, 1.54) is 36.0 Å². The van der Waals surface area contributed by atoms with Gasteiger partial charge in [0.15, 0.2) is 0 Å². The molecule has 0 aliphatic rings. The summed E-state index contributed by atoms with van der Waals surface area (Å²) in [4.78, 5) is 17.8. The van der Waals surface area contributed by atoms with E-state index in [0.717, 1.165) is 22.8 Å². The molecule has 0 saturated carbocycles. The third-order valence-corrected chi connectivity index (χ3v) is 8.33. The number of nitrogens with two attached hydrogens (primary N) is 1. The number of sulfonamides is 1. The fourth-order valence-corrected chi connectivity index (χ4v) is 5.82. The molecule has 0 aliphatic carbocycles. The molecule has 0 saturated heterocycles. The maximum Gasteiger partial charge on any atom is 1.00 e. The van der Waals surface area contributed by atoms with Crippen LogP contribution in [0.25, 0.3) is 11.1 Å². The zero-order chi connectivity index (χ0) is 24.4. The summed E-state index contributed by atoms with van der Waals surface area (Å²) < 4.78 is 61.9. The van der Waals surface area contributed by atoms with Crippen molar-refractivity contribution in [2.45, 2.75) is 22.1 Å². The Hall–Kier alpha value is -0.590. The molecule has 0 aromatic heterocycles. The van der Waals surface area contributed by atoms with Gasteiger partial charge in [0.05, 0.1) is 4.90 Å². The van der Waals surface area contributed by atoms with Gasteiger partial charge >= 0.3 is 42.8 Å². The summed E-state index contributed by atoms with van der Waals surface area (Å²) in [7, 11) is -9.42. The number of hydrogen-bond donors (Lipinski definition) is 3. The molecule has 0 amide bonds. The molecule has 3 aromatic rings. The van der Waals surface area contributed by atoms with E-state index in [9.17, 15) is 21.8 Å². The second kappa shape index (κ2) is 11.6. The zero-order valence-electron chi connectivity index (χ0n) is 17.9. The first-order valence-electron chi connectivity index (χ1n) is 9.31. The van der Waals surface area contributed by atoms with Crippen LogP contribution in [0.4, 0.5) is 8.78 Å². The van der Waals surface area contributed by atoms with Gasteiger partial charge in [0.1, 0.15) is 0 Å². The Bertz CT molecular complexity index is 1320. The van der Waals surface area contributed by atoms with E-state index >= 15 is 0 Å². The molecule has 3 rings (SSSR count). The first-order chi connectivity index (χ1) is 15.3. The van der Waals surface area contributed by atoms with E-state index in [2.05, 4.69) is 15.9 Å². The summed E-state index contributed by atoms with van der Waals surface area (Å²) in [6.45, 7) is 0. The van der Waals surface area contributed by atoms with Gasteiger partial charge in [0, 0.05) is 21.5 Å². The Morgan fingerprint density at radius 3 is 2.09 bits per heavy atom. The predicted molar refractivity (Wildman–Crippen MR) is 128 cm³/mol. The van der Waals surface area contributed by atoms with Gasteiger partial charge in [-0.05, 0) is 40.5 Å². The standard InChI is InChI=1S/C21H19BrF2NO5PS2.Na/c22-20-10-15(6-9-19(20)21(23,24)31(26,27)28)13-32-12-14-4-7-16(8-5-14)17-2-1-3-18(11-17)33(25,29)30;/h1-11H,12-13H2,(H2,25,29,30)(H2,26,27,28);/q;+1. The van der Waals surface area contributed by atoms with E-state index in [0.29, 0.717) is 17.1 Å². The summed E-state index contributed by atoms with van der Waals surface area (Å²) in [5.41, 5.74) is -1.75. The Labute approximate surface area is 231 Å². The van der Waals surface area contributed by atoms with Crippen molar-refractivity contribution in [3.05, 3.63) is 87.9 Å². The maximum atomic E-state index is 13.9. The number of thioether (sulfide) groups is 1. The number of rotatable bonds is 8. The van der Waals surface area contributed by atoms with Crippen LogP contribution in [0.5, 0.6) is 0 Å². The van der Waals surface area contributed by atoms with Crippen LogP contribution in [0.1, 0.15) is 16.7 Å². The number of benzene rings is 3. The Morgan fingerprint density at radius 1 is 0.941 bits per heavy atom. The average Bonchev–Trinajstić information content (AvgIpc) is 2.73. The minimum absolute atomic E-state index is 0. The molecule has 6 nitrogen and oxygen atoms in total. The smallest absolute Gasteiger partial charge is 0.320 e. The molecule has 34 heavy (non-hydrogen) atoms. The first kappa shape index (κ1) is 29.6. The van der Waals surface area contributed by atoms with Crippen molar-refractivity contribution in [1.29, 1.82) is 0 Å². The molecule has 3 aromatic carbocycles. The van der Waals surface area contributed by atoms with Crippen molar-refractivity contribution in [3.8, 4) is 11.1 Å².